The van der Waals surface area contributed by atoms with Crippen LogP contribution in [0.15, 0.2) is 23.2 Å². The third-order valence-electron chi connectivity index (χ3n) is 3.52. The molecule has 0 saturated heterocycles. The average molecular weight is 452 g/mol. The van der Waals surface area contributed by atoms with Gasteiger partial charge in [-0.1, -0.05) is 6.07 Å². The van der Waals surface area contributed by atoms with Gasteiger partial charge in [-0.2, -0.15) is 0 Å². The van der Waals surface area contributed by atoms with Crippen LogP contribution >= 0.6 is 24.8 Å². The normalized spacial score (nSPS) is 12.4. The van der Waals surface area contributed by atoms with Crippen molar-refractivity contribution in [3.8, 4) is 17.2 Å². The van der Waals surface area contributed by atoms with Gasteiger partial charge in [0.2, 0.25) is 5.75 Å². The zero-order chi connectivity index (χ0) is 19.5. The van der Waals surface area contributed by atoms with Crippen molar-refractivity contribution >= 4 is 36.8 Å². The van der Waals surface area contributed by atoms with E-state index in [9.17, 15) is 4.79 Å². The van der Waals surface area contributed by atoms with Crippen LogP contribution in [0.1, 0.15) is 20.3 Å². The Bertz CT molecular complexity index is 647. The van der Waals surface area contributed by atoms with E-state index in [2.05, 4.69) is 20.9 Å². The average Bonchev–Trinajstić information content (AvgIpc) is 2.63. The van der Waals surface area contributed by atoms with E-state index in [1.54, 1.807) is 0 Å². The number of amides is 2. The molecule has 2 rings (SSSR count). The Morgan fingerprint density at radius 3 is 2.72 bits per heavy atom. The lowest BCUT2D eigenvalue weighted by Crippen LogP contribution is -2.46. The number of carbonyl (C=O) groups is 1. The highest BCUT2D eigenvalue weighted by Gasteiger charge is 2.16. The maximum atomic E-state index is 11.0. The molecule has 1 aromatic carbocycles. The fraction of sp³-hybridized carbons (Fsp3) is 0.556. The third-order valence-corrected chi connectivity index (χ3v) is 3.52. The van der Waals surface area contributed by atoms with Crippen LogP contribution < -0.4 is 35.9 Å². The number of benzene rings is 1. The van der Waals surface area contributed by atoms with E-state index in [0.29, 0.717) is 50.4 Å². The van der Waals surface area contributed by atoms with Crippen molar-refractivity contribution in [3.63, 3.8) is 0 Å². The van der Waals surface area contributed by atoms with Crippen molar-refractivity contribution in [3.05, 3.63) is 18.2 Å². The maximum absolute atomic E-state index is 11.0. The lowest BCUT2D eigenvalue weighted by molar-refractivity contribution is 0.162. The van der Waals surface area contributed by atoms with Gasteiger partial charge in [-0.15, -0.1) is 24.8 Å². The topological polar surface area (TPSA) is 119 Å². The van der Waals surface area contributed by atoms with Gasteiger partial charge in [0.15, 0.2) is 17.5 Å². The molecule has 5 N–H and O–H groups in total. The summed E-state index contributed by atoms with van der Waals surface area (Å²) in [4.78, 5) is 15.3. The molecule has 9 nitrogen and oxygen atoms in total. The lowest BCUT2D eigenvalue weighted by atomic mass is 10.3. The number of hydrogen-bond acceptors (Lipinski definition) is 6. The number of nitrogens with one attached hydrogen (secondary N) is 3. The largest absolute Gasteiger partial charge is 0.488 e. The van der Waals surface area contributed by atoms with Crippen LogP contribution in [0.4, 0.5) is 4.79 Å². The molecular formula is C18H31Cl2N5O4. The first-order chi connectivity index (χ1) is 13.1. The maximum Gasteiger partial charge on any atom is 0.318 e. The molecule has 1 aliphatic rings. The summed E-state index contributed by atoms with van der Waals surface area (Å²) in [5.41, 5.74) is 5.13. The molecule has 0 bridgehead atoms. The molecule has 0 atom stereocenters. The van der Waals surface area contributed by atoms with Gasteiger partial charge < -0.3 is 30.6 Å². The first-order valence-corrected chi connectivity index (χ1v) is 9.16. The number of urea groups is 1. The van der Waals surface area contributed by atoms with Crippen LogP contribution in [0.5, 0.6) is 17.2 Å². The number of para-hydroxylation sites is 1. The van der Waals surface area contributed by atoms with Crippen molar-refractivity contribution < 1.29 is 19.0 Å². The molecule has 0 fully saturated rings. The van der Waals surface area contributed by atoms with Crippen LogP contribution in [0.25, 0.3) is 0 Å². The Morgan fingerprint density at radius 1 is 1.24 bits per heavy atom. The Hall–Kier alpha value is -2.10. The highest BCUT2D eigenvalue weighted by molar-refractivity contribution is 5.95. The minimum Gasteiger partial charge on any atom is -0.488 e. The number of aliphatic imine (C=N–C) groups is 1. The fourth-order valence-electron chi connectivity index (χ4n) is 2.43. The van der Waals surface area contributed by atoms with E-state index in [1.807, 2.05) is 32.0 Å². The number of halogens is 2. The standard InChI is InChI=1S/C18H29N5O4.2ClH/c1-13(2)22-18(23-17(19)24)21-8-4-7-20-9-10-25-14-5-3-6-15-16(14)27-12-11-26-15;;/h3,5-6,13,20H,4,7-12H2,1-2H3,(H4,19,21,22,23,24);2*1H. The smallest absolute Gasteiger partial charge is 0.318 e. The number of nitrogens with zero attached hydrogens (tertiary/aromatic N) is 1. The predicted molar refractivity (Wildman–Crippen MR) is 118 cm³/mol. The summed E-state index contributed by atoms with van der Waals surface area (Å²) in [5, 5.41) is 8.81. The quantitative estimate of drug-likeness (QED) is 0.257. The second-order valence-electron chi connectivity index (χ2n) is 6.25. The number of primary amides is 1. The molecule has 0 saturated carbocycles. The molecule has 29 heavy (non-hydrogen) atoms. The first-order valence-electron chi connectivity index (χ1n) is 9.16. The molecule has 1 heterocycles. The van der Waals surface area contributed by atoms with Crippen molar-refractivity contribution in [1.82, 2.24) is 16.0 Å². The number of guanidine groups is 1. The number of fused-ring (bicyclic) bond motifs is 1. The molecule has 2 amide bonds. The summed E-state index contributed by atoms with van der Waals surface area (Å²) in [6.07, 6.45) is 0.821. The summed E-state index contributed by atoms with van der Waals surface area (Å²) in [5.74, 6) is 2.49. The molecule has 0 unspecified atom stereocenters. The van der Waals surface area contributed by atoms with Crippen LogP contribution in [0.3, 0.4) is 0 Å². The molecule has 0 radical (unpaired) electrons. The summed E-state index contributed by atoms with van der Waals surface area (Å²) in [7, 11) is 0. The third kappa shape index (κ3) is 10.3. The van der Waals surface area contributed by atoms with Crippen molar-refractivity contribution in [2.75, 3.05) is 39.5 Å². The predicted octanol–water partition coefficient (Wildman–Crippen LogP) is 1.68. The minimum absolute atomic E-state index is 0. The second kappa shape index (κ2) is 14.8. The van der Waals surface area contributed by atoms with E-state index < -0.39 is 6.03 Å². The number of hydrogen-bond donors (Lipinski definition) is 4. The summed E-state index contributed by atoms with van der Waals surface area (Å²) >= 11 is 0. The highest BCUT2D eigenvalue weighted by atomic mass is 35.5. The number of nitrogens with two attached hydrogens (primary N) is 1. The molecule has 11 heteroatoms. The Kier molecular flexibility index (Phi) is 13.8. The van der Waals surface area contributed by atoms with Crippen LogP contribution in [-0.4, -0.2) is 57.5 Å². The Balaban J connectivity index is 0.00000392. The molecule has 0 aromatic heterocycles. The van der Waals surface area contributed by atoms with Gasteiger partial charge in [-0.25, -0.2) is 4.79 Å². The summed E-state index contributed by atoms with van der Waals surface area (Å²) in [6, 6.07) is 5.16. The summed E-state index contributed by atoms with van der Waals surface area (Å²) in [6.45, 7) is 7.58. The van der Waals surface area contributed by atoms with Gasteiger partial charge in [-0.3, -0.25) is 10.3 Å². The SMILES string of the molecule is CC(C)NC(=NCCCNCCOc1cccc2c1OCCO2)NC(N)=O.Cl.Cl. The van der Waals surface area contributed by atoms with E-state index in [1.165, 1.54) is 0 Å². The van der Waals surface area contributed by atoms with Crippen molar-refractivity contribution in [2.45, 2.75) is 26.3 Å². The number of carbonyl (C=O) groups excluding carboxylic acids is 1. The van der Waals surface area contributed by atoms with Crippen molar-refractivity contribution in [2.24, 2.45) is 10.7 Å². The first kappa shape index (κ1) is 26.9. The molecule has 0 spiro atoms. The monoisotopic (exact) mass is 451 g/mol. The number of ether oxygens (including phenoxy) is 3. The molecule has 0 aliphatic carbocycles. The summed E-state index contributed by atoms with van der Waals surface area (Å²) < 4.78 is 16.9. The Morgan fingerprint density at radius 2 is 2.00 bits per heavy atom. The van der Waals surface area contributed by atoms with E-state index in [4.69, 9.17) is 19.9 Å². The van der Waals surface area contributed by atoms with Crippen molar-refractivity contribution in [1.29, 1.82) is 0 Å². The van der Waals surface area contributed by atoms with Crippen LogP contribution in [0, 0.1) is 0 Å². The molecule has 1 aliphatic heterocycles. The lowest BCUT2D eigenvalue weighted by Gasteiger charge is -2.20. The molecule has 166 valence electrons. The van der Waals surface area contributed by atoms with Crippen LogP contribution in [-0.2, 0) is 0 Å². The van der Waals surface area contributed by atoms with Crippen LogP contribution in [0.2, 0.25) is 0 Å². The zero-order valence-electron chi connectivity index (χ0n) is 16.7. The minimum atomic E-state index is -0.630. The fourth-order valence-corrected chi connectivity index (χ4v) is 2.43. The van der Waals surface area contributed by atoms with E-state index >= 15 is 0 Å². The van der Waals surface area contributed by atoms with Gasteiger partial charge in [-0.05, 0) is 38.9 Å². The Labute approximate surface area is 183 Å². The molecular weight excluding hydrogens is 421 g/mol. The van der Waals surface area contributed by atoms with E-state index in [0.717, 1.165) is 18.7 Å². The highest BCUT2D eigenvalue weighted by Crippen LogP contribution is 2.38. The van der Waals surface area contributed by atoms with Gasteiger partial charge >= 0.3 is 6.03 Å². The van der Waals surface area contributed by atoms with Gasteiger partial charge in [0.25, 0.3) is 0 Å². The van der Waals surface area contributed by atoms with E-state index in [-0.39, 0.29) is 30.9 Å². The van der Waals surface area contributed by atoms with Gasteiger partial charge in [0.1, 0.15) is 19.8 Å². The molecule has 1 aromatic rings. The van der Waals surface area contributed by atoms with Gasteiger partial charge in [0, 0.05) is 19.1 Å². The zero-order valence-corrected chi connectivity index (χ0v) is 18.4. The second-order valence-corrected chi connectivity index (χ2v) is 6.25. The number of rotatable bonds is 9. The van der Waals surface area contributed by atoms with Gasteiger partial charge in [0.05, 0.1) is 0 Å².